The average Bonchev–Trinajstić information content (AvgIpc) is 2.35. The van der Waals surface area contributed by atoms with Gasteiger partial charge in [-0.25, -0.2) is 0 Å². The van der Waals surface area contributed by atoms with Crippen molar-refractivity contribution in [1.29, 1.82) is 0 Å². The van der Waals surface area contributed by atoms with E-state index in [1.165, 1.54) is 0 Å². The van der Waals surface area contributed by atoms with Crippen molar-refractivity contribution in [2.75, 3.05) is 20.2 Å². The minimum Gasteiger partial charge on any atom is -0.483 e. The summed E-state index contributed by atoms with van der Waals surface area (Å²) < 4.78 is 5.58. The van der Waals surface area contributed by atoms with E-state index in [0.717, 1.165) is 17.7 Å². The Morgan fingerprint density at radius 2 is 2.11 bits per heavy atom. The molecule has 4 heteroatoms. The van der Waals surface area contributed by atoms with Crippen molar-refractivity contribution in [2.24, 2.45) is 5.73 Å². The van der Waals surface area contributed by atoms with Gasteiger partial charge in [-0.3, -0.25) is 4.79 Å². The number of amides is 1. The Balaban J connectivity index is 2.64. The van der Waals surface area contributed by atoms with Gasteiger partial charge in [0.1, 0.15) is 5.75 Å². The molecular weight excluding hydrogens is 228 g/mol. The smallest absolute Gasteiger partial charge is 0.260 e. The summed E-state index contributed by atoms with van der Waals surface area (Å²) in [5.41, 5.74) is 6.83. The summed E-state index contributed by atoms with van der Waals surface area (Å²) in [5.74, 6) is 0.723. The summed E-state index contributed by atoms with van der Waals surface area (Å²) in [4.78, 5) is 13.3. The molecule has 18 heavy (non-hydrogen) atoms. The Hall–Kier alpha value is -1.55. The van der Waals surface area contributed by atoms with Crippen LogP contribution in [0, 0.1) is 0 Å². The molecule has 0 fully saturated rings. The Morgan fingerprint density at radius 3 is 2.72 bits per heavy atom. The molecule has 0 aliphatic heterocycles. The lowest BCUT2D eigenvalue weighted by molar-refractivity contribution is -0.131. The van der Waals surface area contributed by atoms with E-state index in [1.807, 2.05) is 38.1 Å². The predicted molar refractivity (Wildman–Crippen MR) is 72.6 cm³/mol. The summed E-state index contributed by atoms with van der Waals surface area (Å²) in [6.45, 7) is 4.64. The summed E-state index contributed by atoms with van der Waals surface area (Å²) in [7, 11) is 1.76. The van der Waals surface area contributed by atoms with E-state index < -0.39 is 0 Å². The van der Waals surface area contributed by atoms with Crippen LogP contribution in [0.4, 0.5) is 0 Å². The molecular formula is C14H22N2O2. The maximum absolute atomic E-state index is 11.7. The summed E-state index contributed by atoms with van der Waals surface area (Å²) >= 11 is 0. The van der Waals surface area contributed by atoms with E-state index in [-0.39, 0.29) is 18.6 Å². The summed E-state index contributed by atoms with van der Waals surface area (Å²) in [6, 6.07) is 7.77. The molecule has 0 aromatic heterocycles. The van der Waals surface area contributed by atoms with Crippen molar-refractivity contribution in [1.82, 2.24) is 4.90 Å². The molecule has 0 bridgehead atoms. The van der Waals surface area contributed by atoms with Crippen molar-refractivity contribution < 1.29 is 9.53 Å². The number of ether oxygens (including phenoxy) is 1. The third-order valence-corrected chi connectivity index (χ3v) is 2.77. The molecule has 0 spiro atoms. The van der Waals surface area contributed by atoms with Crippen LogP contribution >= 0.6 is 0 Å². The monoisotopic (exact) mass is 250 g/mol. The van der Waals surface area contributed by atoms with Gasteiger partial charge in [-0.2, -0.15) is 0 Å². The van der Waals surface area contributed by atoms with Crippen molar-refractivity contribution in [3.63, 3.8) is 0 Å². The molecule has 0 saturated heterocycles. The molecule has 1 rings (SSSR count). The van der Waals surface area contributed by atoms with Crippen LogP contribution in [0.1, 0.15) is 19.4 Å². The molecule has 1 aromatic carbocycles. The van der Waals surface area contributed by atoms with E-state index >= 15 is 0 Å². The van der Waals surface area contributed by atoms with Crippen molar-refractivity contribution >= 4 is 5.91 Å². The molecule has 2 N–H and O–H groups in total. The summed E-state index contributed by atoms with van der Waals surface area (Å²) in [5, 5.41) is 0. The molecule has 1 aromatic rings. The van der Waals surface area contributed by atoms with Crippen molar-refractivity contribution in [2.45, 2.75) is 26.3 Å². The predicted octanol–water partition coefficient (Wildman–Crippen LogP) is 1.43. The number of carbonyl (C=O) groups excluding carboxylic acids is 1. The summed E-state index contributed by atoms with van der Waals surface area (Å²) in [6.07, 6.45) is 0.744. The SMILES string of the molecule is CCN(C)C(=O)COc1ccccc1CC(C)N. The van der Waals surface area contributed by atoms with Crippen LogP contribution in [0.25, 0.3) is 0 Å². The lowest BCUT2D eigenvalue weighted by Gasteiger charge is -2.16. The minimum absolute atomic E-state index is 0.0203. The van der Waals surface area contributed by atoms with Gasteiger partial charge in [0, 0.05) is 19.6 Å². The number of likely N-dealkylation sites (N-methyl/N-ethyl adjacent to an activating group) is 1. The number of hydrogen-bond donors (Lipinski definition) is 1. The average molecular weight is 250 g/mol. The standard InChI is InChI=1S/C14H22N2O2/c1-4-16(3)14(17)10-18-13-8-6-5-7-12(13)9-11(2)15/h5-8,11H,4,9-10,15H2,1-3H3. The highest BCUT2D eigenvalue weighted by atomic mass is 16.5. The zero-order chi connectivity index (χ0) is 13.5. The van der Waals surface area contributed by atoms with Crippen LogP contribution in [0.15, 0.2) is 24.3 Å². The van der Waals surface area contributed by atoms with E-state index in [1.54, 1.807) is 11.9 Å². The molecule has 0 aliphatic carbocycles. The van der Waals surface area contributed by atoms with Gasteiger partial charge in [0.05, 0.1) is 0 Å². The maximum Gasteiger partial charge on any atom is 0.260 e. The molecule has 0 radical (unpaired) electrons. The van der Waals surface area contributed by atoms with Gasteiger partial charge in [0.25, 0.3) is 5.91 Å². The van der Waals surface area contributed by atoms with Crippen LogP contribution in [0.5, 0.6) is 5.75 Å². The molecule has 0 saturated carbocycles. The fraction of sp³-hybridized carbons (Fsp3) is 0.500. The lowest BCUT2D eigenvalue weighted by atomic mass is 10.1. The largest absolute Gasteiger partial charge is 0.483 e. The molecule has 1 atom stereocenters. The van der Waals surface area contributed by atoms with Crippen LogP contribution in [-0.4, -0.2) is 37.0 Å². The third-order valence-electron chi connectivity index (χ3n) is 2.77. The first-order chi connectivity index (χ1) is 8.54. The Labute approximate surface area is 109 Å². The number of nitrogens with two attached hydrogens (primary N) is 1. The van der Waals surface area contributed by atoms with E-state index in [9.17, 15) is 4.79 Å². The molecule has 0 aliphatic rings. The Kier molecular flexibility index (Phi) is 5.65. The van der Waals surface area contributed by atoms with Gasteiger partial charge >= 0.3 is 0 Å². The Morgan fingerprint density at radius 1 is 1.44 bits per heavy atom. The molecule has 1 unspecified atom stereocenters. The zero-order valence-corrected chi connectivity index (χ0v) is 11.3. The van der Waals surface area contributed by atoms with Gasteiger partial charge in [-0.05, 0) is 31.9 Å². The number of para-hydroxylation sites is 1. The number of benzene rings is 1. The van der Waals surface area contributed by atoms with E-state index in [2.05, 4.69) is 0 Å². The second-order valence-electron chi connectivity index (χ2n) is 4.49. The van der Waals surface area contributed by atoms with Gasteiger partial charge < -0.3 is 15.4 Å². The normalized spacial score (nSPS) is 12.0. The number of carbonyl (C=O) groups is 1. The van der Waals surface area contributed by atoms with Crippen LogP contribution in [0.2, 0.25) is 0 Å². The molecule has 4 nitrogen and oxygen atoms in total. The fourth-order valence-corrected chi connectivity index (χ4v) is 1.59. The van der Waals surface area contributed by atoms with Gasteiger partial charge in [0.15, 0.2) is 6.61 Å². The first-order valence-corrected chi connectivity index (χ1v) is 6.24. The fourth-order valence-electron chi connectivity index (χ4n) is 1.59. The van der Waals surface area contributed by atoms with Gasteiger partial charge in [-0.15, -0.1) is 0 Å². The number of hydrogen-bond acceptors (Lipinski definition) is 3. The second-order valence-corrected chi connectivity index (χ2v) is 4.49. The highest BCUT2D eigenvalue weighted by molar-refractivity contribution is 5.77. The van der Waals surface area contributed by atoms with Crippen LogP contribution < -0.4 is 10.5 Å². The van der Waals surface area contributed by atoms with Gasteiger partial charge in [0.2, 0.25) is 0 Å². The minimum atomic E-state index is -0.0203. The quantitative estimate of drug-likeness (QED) is 0.831. The first kappa shape index (κ1) is 14.5. The van der Waals surface area contributed by atoms with Crippen molar-refractivity contribution in [3.8, 4) is 5.75 Å². The maximum atomic E-state index is 11.7. The second kappa shape index (κ2) is 7.01. The van der Waals surface area contributed by atoms with E-state index in [4.69, 9.17) is 10.5 Å². The topological polar surface area (TPSA) is 55.6 Å². The molecule has 1 amide bonds. The lowest BCUT2D eigenvalue weighted by Crippen LogP contribution is -2.31. The molecule has 100 valence electrons. The highest BCUT2D eigenvalue weighted by Gasteiger charge is 2.10. The zero-order valence-electron chi connectivity index (χ0n) is 11.3. The Bertz CT molecular complexity index is 391. The van der Waals surface area contributed by atoms with Crippen LogP contribution in [-0.2, 0) is 11.2 Å². The number of rotatable bonds is 6. The third kappa shape index (κ3) is 4.37. The van der Waals surface area contributed by atoms with Crippen molar-refractivity contribution in [3.05, 3.63) is 29.8 Å². The van der Waals surface area contributed by atoms with Crippen LogP contribution in [0.3, 0.4) is 0 Å². The molecule has 0 heterocycles. The van der Waals surface area contributed by atoms with E-state index in [0.29, 0.717) is 6.54 Å². The number of nitrogens with zero attached hydrogens (tertiary/aromatic N) is 1. The highest BCUT2D eigenvalue weighted by Crippen LogP contribution is 2.19. The van der Waals surface area contributed by atoms with Gasteiger partial charge in [-0.1, -0.05) is 18.2 Å². The first-order valence-electron chi connectivity index (χ1n) is 6.24.